The molecule has 8 nitrogen and oxygen atoms in total. The third-order valence-electron chi connectivity index (χ3n) is 4.79. The van der Waals surface area contributed by atoms with Crippen molar-refractivity contribution in [3.8, 4) is 0 Å². The number of hydrogen-bond donors (Lipinski definition) is 1. The van der Waals surface area contributed by atoms with Crippen LogP contribution in [0.25, 0.3) is 4.96 Å². The lowest BCUT2D eigenvalue weighted by molar-refractivity contribution is -0.389. The highest BCUT2D eigenvalue weighted by atomic mass is 32.1. The molecule has 3 heterocycles. The summed E-state index contributed by atoms with van der Waals surface area (Å²) in [4.78, 5) is 18.5. The summed E-state index contributed by atoms with van der Waals surface area (Å²) in [7, 11) is 0. The van der Waals surface area contributed by atoms with Crippen LogP contribution in [-0.4, -0.2) is 52.1 Å². The summed E-state index contributed by atoms with van der Waals surface area (Å²) in [5, 5.41) is 16.6. The maximum absolute atomic E-state index is 11.5. The van der Waals surface area contributed by atoms with Crippen LogP contribution in [0.15, 0.2) is 35.8 Å². The Morgan fingerprint density at radius 2 is 2.22 bits per heavy atom. The van der Waals surface area contributed by atoms with E-state index in [1.165, 1.54) is 26.9 Å². The molecule has 1 N–H and O–H groups in total. The molecule has 4 rings (SSSR count). The van der Waals surface area contributed by atoms with Gasteiger partial charge in [-0.2, -0.15) is 9.38 Å². The van der Waals surface area contributed by atoms with E-state index in [9.17, 15) is 10.1 Å². The van der Waals surface area contributed by atoms with Gasteiger partial charge in [-0.15, -0.1) is 0 Å². The fourth-order valence-corrected chi connectivity index (χ4v) is 4.19. The molecule has 3 aromatic rings. The zero-order chi connectivity index (χ0) is 18.8. The van der Waals surface area contributed by atoms with Gasteiger partial charge < -0.3 is 20.2 Å². The normalized spacial score (nSPS) is 16.5. The van der Waals surface area contributed by atoms with Crippen molar-refractivity contribution in [2.24, 2.45) is 0 Å². The van der Waals surface area contributed by atoms with Crippen molar-refractivity contribution in [3.63, 3.8) is 0 Å². The van der Waals surface area contributed by atoms with Gasteiger partial charge in [-0.3, -0.25) is 4.90 Å². The van der Waals surface area contributed by atoms with Crippen LogP contribution in [0.4, 0.5) is 11.6 Å². The molecular weight excluding hydrogens is 366 g/mol. The van der Waals surface area contributed by atoms with Crippen LogP contribution in [0.3, 0.4) is 0 Å². The Morgan fingerprint density at radius 3 is 2.96 bits per heavy atom. The molecule has 0 amide bonds. The molecule has 0 bridgehead atoms. The van der Waals surface area contributed by atoms with Gasteiger partial charge in [-0.25, -0.2) is 0 Å². The standard InChI is InChI=1S/C18H21N5O3S/c1-13-3-2-4-14(11-13)15(21-5-8-26-9-6-21)12-19-16-17(23(24)25)22-7-10-27-18(22)20-16/h2-4,7,10-11,15,19H,5-6,8-9,12H2,1H3. The molecule has 2 aromatic heterocycles. The molecule has 1 fully saturated rings. The second-order valence-corrected chi connectivity index (χ2v) is 7.43. The minimum absolute atomic E-state index is 0.0174. The molecular formula is C18H21N5O3S. The number of thiazole rings is 1. The summed E-state index contributed by atoms with van der Waals surface area (Å²) >= 11 is 1.38. The summed E-state index contributed by atoms with van der Waals surface area (Å²) in [6.45, 7) is 5.67. The molecule has 0 radical (unpaired) electrons. The predicted molar refractivity (Wildman–Crippen MR) is 105 cm³/mol. The highest BCUT2D eigenvalue weighted by Gasteiger charge is 2.27. The van der Waals surface area contributed by atoms with E-state index in [2.05, 4.69) is 40.3 Å². The molecule has 0 aliphatic carbocycles. The number of imidazole rings is 1. The lowest BCUT2D eigenvalue weighted by Crippen LogP contribution is -2.41. The first-order valence-corrected chi connectivity index (χ1v) is 9.73. The number of aromatic nitrogens is 2. The van der Waals surface area contributed by atoms with E-state index < -0.39 is 0 Å². The van der Waals surface area contributed by atoms with Gasteiger partial charge in [0.2, 0.25) is 5.82 Å². The number of morpholine rings is 1. The monoisotopic (exact) mass is 387 g/mol. The summed E-state index contributed by atoms with van der Waals surface area (Å²) < 4.78 is 7.00. The van der Waals surface area contributed by atoms with E-state index in [0.717, 1.165) is 13.1 Å². The molecule has 27 heavy (non-hydrogen) atoms. The van der Waals surface area contributed by atoms with Gasteiger partial charge in [0.25, 0.3) is 4.96 Å². The first-order valence-electron chi connectivity index (χ1n) is 8.85. The Balaban J connectivity index is 1.61. The second kappa shape index (κ2) is 7.63. The first kappa shape index (κ1) is 17.9. The number of anilines is 1. The number of benzene rings is 1. The highest BCUT2D eigenvalue weighted by Crippen LogP contribution is 2.30. The average Bonchev–Trinajstić information content (AvgIpc) is 3.23. The van der Waals surface area contributed by atoms with Crippen molar-refractivity contribution in [3.05, 3.63) is 57.1 Å². The van der Waals surface area contributed by atoms with Gasteiger partial charge in [0, 0.05) is 25.0 Å². The van der Waals surface area contributed by atoms with Crippen LogP contribution in [0.1, 0.15) is 17.2 Å². The van der Waals surface area contributed by atoms with Gasteiger partial charge in [0.1, 0.15) is 6.20 Å². The largest absolute Gasteiger partial charge is 0.379 e. The number of aryl methyl sites for hydroxylation is 1. The molecule has 0 saturated carbocycles. The third kappa shape index (κ3) is 3.66. The van der Waals surface area contributed by atoms with E-state index in [0.29, 0.717) is 30.5 Å². The van der Waals surface area contributed by atoms with Crippen molar-refractivity contribution in [1.82, 2.24) is 14.3 Å². The summed E-state index contributed by atoms with van der Waals surface area (Å²) in [6, 6.07) is 8.49. The zero-order valence-corrected chi connectivity index (χ0v) is 15.8. The Kier molecular flexibility index (Phi) is 5.06. The molecule has 9 heteroatoms. The van der Waals surface area contributed by atoms with E-state index in [-0.39, 0.29) is 16.8 Å². The number of nitrogens with zero attached hydrogens (tertiary/aromatic N) is 4. The zero-order valence-electron chi connectivity index (χ0n) is 15.0. The molecule has 0 spiro atoms. The Bertz CT molecular complexity index is 948. The first-order chi connectivity index (χ1) is 13.1. The van der Waals surface area contributed by atoms with Gasteiger partial charge in [0.15, 0.2) is 0 Å². The number of rotatable bonds is 6. The van der Waals surface area contributed by atoms with Crippen molar-refractivity contribution in [2.75, 3.05) is 38.2 Å². The minimum atomic E-state index is -0.383. The van der Waals surface area contributed by atoms with E-state index >= 15 is 0 Å². The molecule has 1 aliphatic heterocycles. The van der Waals surface area contributed by atoms with Gasteiger partial charge in [0.05, 0.1) is 19.3 Å². The van der Waals surface area contributed by atoms with Crippen LogP contribution >= 0.6 is 11.3 Å². The number of ether oxygens (including phenoxy) is 1. The van der Waals surface area contributed by atoms with Crippen molar-refractivity contribution in [2.45, 2.75) is 13.0 Å². The van der Waals surface area contributed by atoms with Crippen molar-refractivity contribution in [1.29, 1.82) is 0 Å². The molecule has 1 unspecified atom stereocenters. The van der Waals surface area contributed by atoms with Crippen LogP contribution < -0.4 is 5.32 Å². The fraction of sp³-hybridized carbons (Fsp3) is 0.389. The number of nitrogens with one attached hydrogen (secondary N) is 1. The van der Waals surface area contributed by atoms with E-state index in [1.807, 2.05) is 6.07 Å². The van der Waals surface area contributed by atoms with Crippen LogP contribution in [0.2, 0.25) is 0 Å². The van der Waals surface area contributed by atoms with Gasteiger partial charge in [-0.1, -0.05) is 41.2 Å². The lowest BCUT2D eigenvalue weighted by atomic mass is 10.0. The highest BCUT2D eigenvalue weighted by molar-refractivity contribution is 7.15. The smallest absolute Gasteiger partial charge is 0.372 e. The van der Waals surface area contributed by atoms with Crippen LogP contribution in [0.5, 0.6) is 0 Å². The SMILES string of the molecule is Cc1cccc(C(CNc2nc3sccn3c2[N+](=O)[O-])N2CCOCC2)c1. The molecule has 1 atom stereocenters. The fourth-order valence-electron chi connectivity index (χ4n) is 3.48. The Labute approximate surface area is 160 Å². The lowest BCUT2D eigenvalue weighted by Gasteiger charge is -2.35. The molecule has 1 aromatic carbocycles. The summed E-state index contributed by atoms with van der Waals surface area (Å²) in [5.74, 6) is 0.300. The topological polar surface area (TPSA) is 84.9 Å². The van der Waals surface area contributed by atoms with Crippen LogP contribution in [-0.2, 0) is 4.74 Å². The maximum Gasteiger partial charge on any atom is 0.372 e. The van der Waals surface area contributed by atoms with Crippen molar-refractivity contribution < 1.29 is 9.66 Å². The average molecular weight is 387 g/mol. The maximum atomic E-state index is 11.5. The van der Waals surface area contributed by atoms with Gasteiger partial charge in [-0.05, 0) is 17.4 Å². The summed E-state index contributed by atoms with van der Waals surface area (Å²) in [6.07, 6.45) is 1.68. The third-order valence-corrected chi connectivity index (χ3v) is 5.54. The Hall–Kier alpha value is -2.49. The number of fused-ring (bicyclic) bond motifs is 1. The molecule has 142 valence electrons. The Morgan fingerprint density at radius 1 is 1.41 bits per heavy atom. The van der Waals surface area contributed by atoms with Crippen molar-refractivity contribution >= 4 is 27.9 Å². The number of nitro groups is 1. The predicted octanol–water partition coefficient (Wildman–Crippen LogP) is 3.10. The van der Waals surface area contributed by atoms with Gasteiger partial charge >= 0.3 is 5.82 Å². The molecule has 1 aliphatic rings. The quantitative estimate of drug-likeness (QED) is 0.517. The second-order valence-electron chi connectivity index (χ2n) is 6.56. The summed E-state index contributed by atoms with van der Waals surface area (Å²) in [5.41, 5.74) is 2.38. The van der Waals surface area contributed by atoms with E-state index in [4.69, 9.17) is 4.74 Å². The minimum Gasteiger partial charge on any atom is -0.379 e. The van der Waals surface area contributed by atoms with E-state index in [1.54, 1.807) is 11.6 Å². The number of hydrogen-bond acceptors (Lipinski definition) is 7. The van der Waals surface area contributed by atoms with Crippen LogP contribution in [0, 0.1) is 17.0 Å². The molecule has 1 saturated heterocycles.